The van der Waals surface area contributed by atoms with Crippen molar-refractivity contribution in [3.8, 4) is 23.0 Å². The van der Waals surface area contributed by atoms with Gasteiger partial charge in [-0.2, -0.15) is 0 Å². The van der Waals surface area contributed by atoms with Crippen LogP contribution in [-0.2, 0) is 19.1 Å². The number of rotatable bonds is 14. The summed E-state index contributed by atoms with van der Waals surface area (Å²) < 4.78 is 32.6. The highest BCUT2D eigenvalue weighted by atomic mass is 16.7. The second-order valence-electron chi connectivity index (χ2n) is 11.2. The Morgan fingerprint density at radius 1 is 0.612 bits per heavy atom. The number of ketones is 2. The Kier molecular flexibility index (Phi) is 13.2. The van der Waals surface area contributed by atoms with Crippen molar-refractivity contribution in [3.63, 3.8) is 0 Å². The standard InChI is InChI=1S/C33H40O16/c1-44-22-11-16(5-9-20(22)46-32-30(42)28(40)26(38)24(14-34)48-32)3-7-18(36)13-19(37)8-4-17-6-10-21(23(12-17)45-2)47-33-31(43)29(41)27(39)25(15-35)49-33/h3-12,24-35,38-43H,13-15H2,1-2H3/b7-3+,8-4+/t24-,25-,26-,27-,28+,29+,30-,31-,32-,33-/m1/s1. The largest absolute Gasteiger partial charge is 0.493 e. The Labute approximate surface area is 280 Å². The van der Waals surface area contributed by atoms with E-state index in [4.69, 9.17) is 28.4 Å². The molecular weight excluding hydrogens is 652 g/mol. The van der Waals surface area contributed by atoms with Crippen LogP contribution in [0.1, 0.15) is 17.5 Å². The molecule has 0 spiro atoms. The number of carbonyl (C=O) groups is 2. The number of hydrogen-bond donors (Lipinski definition) is 8. The zero-order valence-corrected chi connectivity index (χ0v) is 26.5. The molecule has 16 heteroatoms. The molecule has 2 heterocycles. The predicted molar refractivity (Wildman–Crippen MR) is 167 cm³/mol. The van der Waals surface area contributed by atoms with Gasteiger partial charge in [0, 0.05) is 0 Å². The molecule has 0 unspecified atom stereocenters. The monoisotopic (exact) mass is 692 g/mol. The van der Waals surface area contributed by atoms with Gasteiger partial charge < -0.3 is 69.3 Å². The number of aliphatic hydroxyl groups excluding tert-OH is 8. The average Bonchev–Trinajstić information content (AvgIpc) is 3.10. The lowest BCUT2D eigenvalue weighted by atomic mass is 9.99. The van der Waals surface area contributed by atoms with E-state index in [1.165, 1.54) is 62.8 Å². The van der Waals surface area contributed by atoms with Gasteiger partial charge in [0.15, 0.2) is 34.6 Å². The Morgan fingerprint density at radius 2 is 1.00 bits per heavy atom. The van der Waals surface area contributed by atoms with Crippen LogP contribution in [0.15, 0.2) is 48.6 Å². The Hall–Kier alpha value is -3.94. The van der Waals surface area contributed by atoms with Gasteiger partial charge in [-0.1, -0.05) is 24.3 Å². The first-order valence-electron chi connectivity index (χ1n) is 15.1. The second-order valence-corrected chi connectivity index (χ2v) is 11.2. The van der Waals surface area contributed by atoms with Crippen LogP contribution in [0.25, 0.3) is 12.2 Å². The molecule has 0 bridgehead atoms. The quantitative estimate of drug-likeness (QED) is 0.0813. The lowest BCUT2D eigenvalue weighted by Gasteiger charge is -2.39. The maximum atomic E-state index is 12.5. The third-order valence-electron chi connectivity index (χ3n) is 7.83. The maximum absolute atomic E-state index is 12.5. The summed E-state index contributed by atoms with van der Waals surface area (Å²) in [5.41, 5.74) is 1.01. The lowest BCUT2D eigenvalue weighted by Crippen LogP contribution is -2.60. The molecule has 2 saturated heterocycles. The van der Waals surface area contributed by atoms with Crippen molar-refractivity contribution in [2.75, 3.05) is 27.4 Å². The van der Waals surface area contributed by atoms with E-state index >= 15 is 0 Å². The van der Waals surface area contributed by atoms with Crippen molar-refractivity contribution in [2.45, 2.75) is 67.8 Å². The first kappa shape index (κ1) is 37.9. The number of benzene rings is 2. The average molecular weight is 693 g/mol. The van der Waals surface area contributed by atoms with E-state index in [1.54, 1.807) is 12.1 Å². The van der Waals surface area contributed by atoms with Gasteiger partial charge >= 0.3 is 0 Å². The summed E-state index contributed by atoms with van der Waals surface area (Å²) in [6, 6.07) is 9.09. The summed E-state index contributed by atoms with van der Waals surface area (Å²) in [5.74, 6) is -0.384. The topological polar surface area (TPSA) is 251 Å². The molecule has 0 aliphatic carbocycles. The van der Waals surface area contributed by atoms with Crippen LogP contribution >= 0.6 is 0 Å². The van der Waals surface area contributed by atoms with Gasteiger partial charge in [0.1, 0.15) is 48.8 Å². The molecule has 0 saturated carbocycles. The van der Waals surface area contributed by atoms with Crippen LogP contribution in [0.3, 0.4) is 0 Å². The molecule has 268 valence electrons. The van der Waals surface area contributed by atoms with Crippen molar-refractivity contribution in [3.05, 3.63) is 59.7 Å². The number of hydrogen-bond acceptors (Lipinski definition) is 16. The van der Waals surface area contributed by atoms with E-state index in [-0.39, 0.29) is 23.0 Å². The van der Waals surface area contributed by atoms with Crippen molar-refractivity contribution in [2.24, 2.45) is 0 Å². The smallest absolute Gasteiger partial charge is 0.229 e. The summed E-state index contributed by atoms with van der Waals surface area (Å²) >= 11 is 0. The normalized spacial score (nSPS) is 30.3. The van der Waals surface area contributed by atoms with Crippen LogP contribution in [0.5, 0.6) is 23.0 Å². The molecule has 2 fully saturated rings. The zero-order valence-electron chi connectivity index (χ0n) is 26.5. The van der Waals surface area contributed by atoms with Crippen molar-refractivity contribution in [1.29, 1.82) is 0 Å². The fraction of sp³-hybridized carbons (Fsp3) is 0.455. The zero-order chi connectivity index (χ0) is 35.8. The third kappa shape index (κ3) is 9.20. The molecule has 4 rings (SSSR count). The van der Waals surface area contributed by atoms with E-state index in [2.05, 4.69) is 0 Å². The number of allylic oxidation sites excluding steroid dienone is 2. The Balaban J connectivity index is 1.33. The van der Waals surface area contributed by atoms with Crippen LogP contribution in [0, 0.1) is 0 Å². The van der Waals surface area contributed by atoms with E-state index in [0.29, 0.717) is 11.1 Å². The molecule has 2 aromatic rings. The fourth-order valence-corrected chi connectivity index (χ4v) is 5.02. The third-order valence-corrected chi connectivity index (χ3v) is 7.83. The Morgan fingerprint density at radius 3 is 1.35 bits per heavy atom. The van der Waals surface area contributed by atoms with Gasteiger partial charge in [-0.3, -0.25) is 9.59 Å². The van der Waals surface area contributed by atoms with Crippen LogP contribution in [0.4, 0.5) is 0 Å². The molecule has 0 radical (unpaired) electrons. The lowest BCUT2D eigenvalue weighted by molar-refractivity contribution is -0.277. The number of aliphatic hydroxyl groups is 8. The fourth-order valence-electron chi connectivity index (χ4n) is 5.02. The van der Waals surface area contributed by atoms with Crippen molar-refractivity contribution >= 4 is 23.7 Å². The predicted octanol–water partition coefficient (Wildman–Crippen LogP) is -1.68. The van der Waals surface area contributed by atoms with E-state index < -0.39 is 92.6 Å². The minimum absolute atomic E-state index is 0.112. The maximum Gasteiger partial charge on any atom is 0.229 e. The molecule has 49 heavy (non-hydrogen) atoms. The van der Waals surface area contributed by atoms with E-state index in [0.717, 1.165) is 0 Å². The summed E-state index contributed by atoms with van der Waals surface area (Å²) in [4.78, 5) is 25.0. The molecule has 2 aromatic carbocycles. The summed E-state index contributed by atoms with van der Waals surface area (Å²) in [6.07, 6.45) is -9.81. The van der Waals surface area contributed by atoms with Crippen molar-refractivity contribution < 1.29 is 78.9 Å². The number of carbonyl (C=O) groups excluding carboxylic acids is 2. The van der Waals surface area contributed by atoms with Gasteiger partial charge in [-0.25, -0.2) is 0 Å². The molecule has 10 atom stereocenters. The van der Waals surface area contributed by atoms with Gasteiger partial charge in [0.2, 0.25) is 12.6 Å². The first-order chi connectivity index (χ1) is 23.4. The molecule has 0 amide bonds. The highest BCUT2D eigenvalue weighted by Crippen LogP contribution is 2.34. The molecule has 8 N–H and O–H groups in total. The van der Waals surface area contributed by atoms with Gasteiger partial charge in [-0.05, 0) is 47.5 Å². The van der Waals surface area contributed by atoms with Crippen LogP contribution in [-0.4, -0.2) is 141 Å². The molecule has 16 nitrogen and oxygen atoms in total. The summed E-state index contributed by atoms with van der Waals surface area (Å²) in [5, 5.41) is 79.1. The minimum Gasteiger partial charge on any atom is -0.493 e. The number of ether oxygens (including phenoxy) is 6. The summed E-state index contributed by atoms with van der Waals surface area (Å²) in [6.45, 7) is -1.24. The SMILES string of the molecule is COc1cc(/C=C/C(=O)CC(=O)/C=C/c2ccc(O[C@@H]3O[C@H](CO)[C@@H](O)[C@H](O)[C@H]3O)c(OC)c2)ccc1O[C@@H]1O[C@H](CO)[C@@H](O)[C@H](O)[C@H]1O. The van der Waals surface area contributed by atoms with Crippen molar-refractivity contribution in [1.82, 2.24) is 0 Å². The minimum atomic E-state index is -1.62. The Bertz CT molecular complexity index is 1380. The van der Waals surface area contributed by atoms with E-state index in [9.17, 15) is 50.4 Å². The highest BCUT2D eigenvalue weighted by molar-refractivity contribution is 6.10. The molecular formula is C33H40O16. The van der Waals surface area contributed by atoms with Gasteiger partial charge in [0.25, 0.3) is 0 Å². The summed E-state index contributed by atoms with van der Waals surface area (Å²) in [7, 11) is 2.71. The second kappa shape index (κ2) is 17.1. The van der Waals surface area contributed by atoms with Gasteiger partial charge in [-0.15, -0.1) is 0 Å². The highest BCUT2D eigenvalue weighted by Gasteiger charge is 2.46. The molecule has 2 aliphatic rings. The van der Waals surface area contributed by atoms with E-state index in [1.807, 2.05) is 0 Å². The molecule has 2 aliphatic heterocycles. The molecule has 0 aromatic heterocycles. The first-order valence-corrected chi connectivity index (χ1v) is 15.1. The number of methoxy groups -OCH3 is 2. The van der Waals surface area contributed by atoms with Crippen LogP contribution < -0.4 is 18.9 Å². The van der Waals surface area contributed by atoms with Gasteiger partial charge in [0.05, 0.1) is 33.9 Å². The van der Waals surface area contributed by atoms with Crippen LogP contribution in [0.2, 0.25) is 0 Å².